The predicted octanol–water partition coefficient (Wildman–Crippen LogP) is 1.66. The van der Waals surface area contributed by atoms with Crippen molar-refractivity contribution in [1.29, 1.82) is 0 Å². The predicted molar refractivity (Wildman–Crippen MR) is 79.9 cm³/mol. The quantitative estimate of drug-likeness (QED) is 0.878. The van der Waals surface area contributed by atoms with E-state index in [1.807, 2.05) is 13.0 Å². The lowest BCUT2D eigenvalue weighted by Crippen LogP contribution is -2.42. The fourth-order valence-electron chi connectivity index (χ4n) is 2.95. The van der Waals surface area contributed by atoms with Gasteiger partial charge in [-0.15, -0.1) is 0 Å². The van der Waals surface area contributed by atoms with Crippen molar-refractivity contribution in [3.05, 3.63) is 23.7 Å². The summed E-state index contributed by atoms with van der Waals surface area (Å²) in [6, 6.07) is 4.89. The molecule has 1 fully saturated rings. The van der Waals surface area contributed by atoms with Crippen LogP contribution in [0.4, 0.5) is 0 Å². The molecule has 2 atom stereocenters. The molecule has 1 saturated heterocycles. The second-order valence-electron chi connectivity index (χ2n) is 5.82. The summed E-state index contributed by atoms with van der Waals surface area (Å²) in [5.74, 6) is 2.96. The minimum atomic E-state index is 0.298. The number of nitrogens with one attached hydrogen (secondary N) is 2. The SMILES string of the molecule is Cc1ccc(C(CNC2=NCC(C)N2)N2CCCC2)o1. The number of guanidine groups is 1. The second-order valence-corrected chi connectivity index (χ2v) is 5.82. The first-order valence-electron chi connectivity index (χ1n) is 7.57. The van der Waals surface area contributed by atoms with Gasteiger partial charge in [0.2, 0.25) is 0 Å². The molecule has 0 radical (unpaired) electrons. The summed E-state index contributed by atoms with van der Waals surface area (Å²) in [5, 5.41) is 6.78. The van der Waals surface area contributed by atoms with E-state index >= 15 is 0 Å². The van der Waals surface area contributed by atoms with Gasteiger partial charge in [-0.3, -0.25) is 9.89 Å². The molecule has 110 valence electrons. The van der Waals surface area contributed by atoms with Crippen LogP contribution in [0.25, 0.3) is 0 Å². The number of hydrogen-bond donors (Lipinski definition) is 2. The Labute approximate surface area is 120 Å². The first kappa shape index (κ1) is 13.5. The summed E-state index contributed by atoms with van der Waals surface area (Å²) < 4.78 is 5.85. The normalized spacial score (nSPS) is 24.5. The van der Waals surface area contributed by atoms with Gasteiger partial charge in [0.1, 0.15) is 11.5 Å². The molecule has 3 heterocycles. The van der Waals surface area contributed by atoms with Crippen LogP contribution in [-0.2, 0) is 0 Å². The van der Waals surface area contributed by atoms with Crippen LogP contribution in [0.2, 0.25) is 0 Å². The Hall–Kier alpha value is -1.49. The van der Waals surface area contributed by atoms with E-state index in [-0.39, 0.29) is 0 Å². The molecule has 2 unspecified atom stereocenters. The number of likely N-dealkylation sites (tertiary alicyclic amines) is 1. The molecule has 0 spiro atoms. The van der Waals surface area contributed by atoms with Crippen LogP contribution in [0.15, 0.2) is 21.5 Å². The molecule has 2 aliphatic heterocycles. The van der Waals surface area contributed by atoms with Crippen molar-refractivity contribution in [3.8, 4) is 0 Å². The van der Waals surface area contributed by atoms with Gasteiger partial charge in [0.25, 0.3) is 0 Å². The summed E-state index contributed by atoms with van der Waals surface area (Å²) >= 11 is 0. The molecular weight excluding hydrogens is 252 g/mol. The van der Waals surface area contributed by atoms with Crippen molar-refractivity contribution in [1.82, 2.24) is 15.5 Å². The molecule has 2 aliphatic rings. The second kappa shape index (κ2) is 5.87. The number of furan rings is 1. The van der Waals surface area contributed by atoms with E-state index < -0.39 is 0 Å². The van der Waals surface area contributed by atoms with Gasteiger partial charge in [-0.25, -0.2) is 0 Å². The molecule has 0 aromatic carbocycles. The summed E-state index contributed by atoms with van der Waals surface area (Å²) in [5.41, 5.74) is 0. The molecule has 5 nitrogen and oxygen atoms in total. The van der Waals surface area contributed by atoms with Crippen LogP contribution in [0.3, 0.4) is 0 Å². The van der Waals surface area contributed by atoms with Crippen molar-refractivity contribution in [2.45, 2.75) is 38.8 Å². The third kappa shape index (κ3) is 2.98. The molecule has 1 aromatic rings. The van der Waals surface area contributed by atoms with E-state index in [1.54, 1.807) is 0 Å². The summed E-state index contributed by atoms with van der Waals surface area (Å²) in [7, 11) is 0. The van der Waals surface area contributed by atoms with E-state index in [0.29, 0.717) is 12.1 Å². The maximum atomic E-state index is 5.85. The van der Waals surface area contributed by atoms with Crippen molar-refractivity contribution >= 4 is 5.96 Å². The fourth-order valence-corrected chi connectivity index (χ4v) is 2.95. The highest BCUT2D eigenvalue weighted by Gasteiger charge is 2.26. The van der Waals surface area contributed by atoms with Crippen molar-refractivity contribution in [3.63, 3.8) is 0 Å². The zero-order valence-electron chi connectivity index (χ0n) is 12.4. The first-order valence-corrected chi connectivity index (χ1v) is 7.57. The Kier molecular flexibility index (Phi) is 3.96. The summed E-state index contributed by atoms with van der Waals surface area (Å²) in [6.45, 7) is 8.15. The molecule has 0 bridgehead atoms. The monoisotopic (exact) mass is 276 g/mol. The van der Waals surface area contributed by atoms with Crippen LogP contribution in [-0.4, -0.2) is 43.1 Å². The van der Waals surface area contributed by atoms with Crippen molar-refractivity contribution in [2.24, 2.45) is 4.99 Å². The number of hydrogen-bond acceptors (Lipinski definition) is 5. The zero-order chi connectivity index (χ0) is 13.9. The van der Waals surface area contributed by atoms with E-state index in [4.69, 9.17) is 4.42 Å². The molecule has 1 aromatic heterocycles. The largest absolute Gasteiger partial charge is 0.465 e. The van der Waals surface area contributed by atoms with E-state index in [0.717, 1.165) is 43.7 Å². The van der Waals surface area contributed by atoms with E-state index in [2.05, 4.69) is 33.5 Å². The summed E-state index contributed by atoms with van der Waals surface area (Å²) in [6.07, 6.45) is 2.57. The maximum absolute atomic E-state index is 5.85. The Morgan fingerprint density at radius 1 is 1.45 bits per heavy atom. The van der Waals surface area contributed by atoms with Gasteiger partial charge in [0.05, 0.1) is 12.6 Å². The highest BCUT2D eigenvalue weighted by Crippen LogP contribution is 2.26. The number of aryl methyl sites for hydroxylation is 1. The molecule has 0 amide bonds. The van der Waals surface area contributed by atoms with Crippen molar-refractivity contribution in [2.75, 3.05) is 26.2 Å². The van der Waals surface area contributed by atoms with Crippen LogP contribution in [0, 0.1) is 6.92 Å². The molecular formula is C15H24N4O. The minimum Gasteiger partial charge on any atom is -0.465 e. The number of aliphatic imine (C=N–C) groups is 1. The lowest BCUT2D eigenvalue weighted by atomic mass is 10.2. The van der Waals surface area contributed by atoms with Gasteiger partial charge in [0.15, 0.2) is 5.96 Å². The van der Waals surface area contributed by atoms with Crippen LogP contribution < -0.4 is 10.6 Å². The first-order chi connectivity index (χ1) is 9.72. The van der Waals surface area contributed by atoms with Gasteiger partial charge >= 0.3 is 0 Å². The minimum absolute atomic E-state index is 0.298. The van der Waals surface area contributed by atoms with Crippen molar-refractivity contribution < 1.29 is 4.42 Å². The Morgan fingerprint density at radius 2 is 2.25 bits per heavy atom. The van der Waals surface area contributed by atoms with E-state index in [1.165, 1.54) is 12.8 Å². The standard InChI is InChI=1S/C15H24N4O/c1-11-9-16-15(18-11)17-10-13(19-7-3-4-8-19)14-6-5-12(2)20-14/h5-6,11,13H,3-4,7-10H2,1-2H3,(H2,16,17,18). The molecule has 3 rings (SSSR count). The fraction of sp³-hybridized carbons (Fsp3) is 0.667. The molecule has 0 aliphatic carbocycles. The summed E-state index contributed by atoms with van der Waals surface area (Å²) in [4.78, 5) is 6.96. The maximum Gasteiger partial charge on any atom is 0.191 e. The van der Waals surface area contributed by atoms with Gasteiger partial charge < -0.3 is 15.1 Å². The smallest absolute Gasteiger partial charge is 0.191 e. The highest BCUT2D eigenvalue weighted by molar-refractivity contribution is 5.81. The zero-order valence-corrected chi connectivity index (χ0v) is 12.4. The lowest BCUT2D eigenvalue weighted by Gasteiger charge is -2.26. The van der Waals surface area contributed by atoms with Crippen LogP contribution in [0.1, 0.15) is 37.3 Å². The molecule has 0 saturated carbocycles. The molecule has 2 N–H and O–H groups in total. The number of rotatable bonds is 4. The van der Waals surface area contributed by atoms with E-state index in [9.17, 15) is 0 Å². The number of nitrogens with zero attached hydrogens (tertiary/aromatic N) is 2. The van der Waals surface area contributed by atoms with Gasteiger partial charge in [-0.2, -0.15) is 0 Å². The van der Waals surface area contributed by atoms with Gasteiger partial charge in [-0.05, 0) is 51.9 Å². The Bertz CT molecular complexity index is 476. The average molecular weight is 276 g/mol. The van der Waals surface area contributed by atoms with Crippen LogP contribution >= 0.6 is 0 Å². The molecule has 5 heteroatoms. The third-order valence-electron chi connectivity index (χ3n) is 4.04. The molecule has 20 heavy (non-hydrogen) atoms. The Balaban J connectivity index is 1.66. The topological polar surface area (TPSA) is 52.8 Å². The third-order valence-corrected chi connectivity index (χ3v) is 4.04. The van der Waals surface area contributed by atoms with Gasteiger partial charge in [-0.1, -0.05) is 0 Å². The average Bonchev–Trinajstić information content (AvgIpc) is 3.13. The highest BCUT2D eigenvalue weighted by atomic mass is 16.3. The van der Waals surface area contributed by atoms with Gasteiger partial charge in [0, 0.05) is 12.6 Å². The van der Waals surface area contributed by atoms with Crippen LogP contribution in [0.5, 0.6) is 0 Å². The lowest BCUT2D eigenvalue weighted by molar-refractivity contribution is 0.213. The Morgan fingerprint density at radius 3 is 2.85 bits per heavy atom.